The van der Waals surface area contributed by atoms with E-state index in [2.05, 4.69) is 0 Å². The van der Waals surface area contributed by atoms with Crippen molar-refractivity contribution in [1.82, 2.24) is 0 Å². The van der Waals surface area contributed by atoms with Gasteiger partial charge in [-0.2, -0.15) is 0 Å². The number of hydrogen-bond acceptors (Lipinski definition) is 2. The van der Waals surface area contributed by atoms with Gasteiger partial charge in [0.15, 0.2) is 11.6 Å². The van der Waals surface area contributed by atoms with Gasteiger partial charge in [-0.05, 0) is 67.2 Å². The van der Waals surface area contributed by atoms with Crippen molar-refractivity contribution in [2.45, 2.75) is 69.7 Å². The number of halogens is 2. The number of nitrogens with two attached hydrogens (primary N) is 1. The number of carbonyl (C=O) groups excluding carboxylic acids is 1. The van der Waals surface area contributed by atoms with Gasteiger partial charge in [-0.1, -0.05) is 19.3 Å². The highest BCUT2D eigenvalue weighted by atomic mass is 19.2. The number of carbonyl (C=O) groups is 1. The first-order valence-corrected chi connectivity index (χ1v) is 9.80. The van der Waals surface area contributed by atoms with Crippen LogP contribution in [0.3, 0.4) is 0 Å². The summed E-state index contributed by atoms with van der Waals surface area (Å²) in [4.78, 5) is 12.9. The number of benzene rings is 1. The van der Waals surface area contributed by atoms with Crippen LogP contribution in [0.25, 0.3) is 0 Å². The molecule has 0 saturated heterocycles. The van der Waals surface area contributed by atoms with E-state index in [4.69, 9.17) is 5.73 Å². The van der Waals surface area contributed by atoms with Crippen LogP contribution in [0.1, 0.15) is 68.4 Å². The normalized spacial score (nSPS) is 32.3. The third-order valence-corrected chi connectivity index (χ3v) is 7.01. The molecule has 3 aliphatic rings. The lowest BCUT2D eigenvalue weighted by Gasteiger charge is -2.29. The third kappa shape index (κ3) is 3.14. The van der Waals surface area contributed by atoms with Crippen molar-refractivity contribution in [2.24, 2.45) is 23.5 Å². The van der Waals surface area contributed by atoms with Gasteiger partial charge in [0.05, 0.1) is 0 Å². The average molecular weight is 347 g/mol. The van der Waals surface area contributed by atoms with Crippen molar-refractivity contribution < 1.29 is 13.6 Å². The molecule has 5 unspecified atom stereocenters. The topological polar surface area (TPSA) is 43.1 Å². The van der Waals surface area contributed by atoms with Gasteiger partial charge in [0.1, 0.15) is 5.78 Å². The number of Topliss-reactive ketones (excluding diaryl/α,β-unsaturated/α-hetero) is 1. The monoisotopic (exact) mass is 347 g/mol. The van der Waals surface area contributed by atoms with Crippen molar-refractivity contribution in [2.75, 3.05) is 0 Å². The van der Waals surface area contributed by atoms with E-state index < -0.39 is 11.6 Å². The predicted octanol–water partition coefficient (Wildman–Crippen LogP) is 4.50. The van der Waals surface area contributed by atoms with Gasteiger partial charge in [-0.3, -0.25) is 4.79 Å². The Bertz CT molecular complexity index is 674. The lowest BCUT2D eigenvalue weighted by Crippen LogP contribution is -2.34. The Hall–Kier alpha value is -1.29. The minimum absolute atomic E-state index is 0.0300. The fourth-order valence-corrected chi connectivity index (χ4v) is 5.73. The average Bonchev–Trinajstić information content (AvgIpc) is 3.19. The molecule has 0 heterocycles. The van der Waals surface area contributed by atoms with Gasteiger partial charge in [0.2, 0.25) is 0 Å². The van der Waals surface area contributed by atoms with Crippen LogP contribution in [0, 0.1) is 29.4 Å². The first-order chi connectivity index (χ1) is 12.0. The second-order valence-electron chi connectivity index (χ2n) is 8.34. The second-order valence-corrected chi connectivity index (χ2v) is 8.34. The molecule has 0 bridgehead atoms. The summed E-state index contributed by atoms with van der Waals surface area (Å²) in [6.45, 7) is 0. The fraction of sp³-hybridized carbons (Fsp3) is 0.667. The molecule has 2 fully saturated rings. The lowest BCUT2D eigenvalue weighted by atomic mass is 9.75. The maximum atomic E-state index is 13.6. The first-order valence-electron chi connectivity index (χ1n) is 9.80. The SMILES string of the molecule is NC(CC(=O)C1CCC2CCCCC21)C1CCc2cc(F)c(F)cc21. The quantitative estimate of drug-likeness (QED) is 0.871. The van der Waals surface area contributed by atoms with Crippen molar-refractivity contribution >= 4 is 5.78 Å². The minimum atomic E-state index is -0.815. The lowest BCUT2D eigenvalue weighted by molar-refractivity contribution is -0.124. The highest BCUT2D eigenvalue weighted by Gasteiger charge is 2.41. The van der Waals surface area contributed by atoms with Crippen LogP contribution >= 0.6 is 0 Å². The van der Waals surface area contributed by atoms with E-state index in [-0.39, 0.29) is 17.9 Å². The number of hydrogen-bond donors (Lipinski definition) is 1. The second kappa shape index (κ2) is 6.79. The Kier molecular flexibility index (Phi) is 4.65. The van der Waals surface area contributed by atoms with Gasteiger partial charge >= 0.3 is 0 Å². The van der Waals surface area contributed by atoms with Gasteiger partial charge < -0.3 is 5.73 Å². The van der Waals surface area contributed by atoms with Crippen molar-refractivity contribution in [3.8, 4) is 0 Å². The number of fused-ring (bicyclic) bond motifs is 2. The Morgan fingerprint density at radius 1 is 1.08 bits per heavy atom. The Balaban J connectivity index is 1.44. The molecule has 2 nitrogen and oxygen atoms in total. The number of rotatable bonds is 4. The van der Waals surface area contributed by atoms with Crippen LogP contribution in [0.4, 0.5) is 8.78 Å². The Morgan fingerprint density at radius 3 is 2.68 bits per heavy atom. The molecule has 0 spiro atoms. The van der Waals surface area contributed by atoms with Gasteiger partial charge in [-0.15, -0.1) is 0 Å². The summed E-state index contributed by atoms with van der Waals surface area (Å²) in [5.74, 6) is 0.153. The summed E-state index contributed by atoms with van der Waals surface area (Å²) in [7, 11) is 0. The van der Waals surface area contributed by atoms with Crippen LogP contribution in [-0.2, 0) is 11.2 Å². The fourth-order valence-electron chi connectivity index (χ4n) is 5.73. The van der Waals surface area contributed by atoms with Gasteiger partial charge in [-0.25, -0.2) is 8.78 Å². The maximum Gasteiger partial charge on any atom is 0.159 e. The molecule has 1 aromatic rings. The van der Waals surface area contributed by atoms with Crippen LogP contribution in [0.15, 0.2) is 12.1 Å². The molecule has 0 aliphatic heterocycles. The van der Waals surface area contributed by atoms with E-state index >= 15 is 0 Å². The smallest absolute Gasteiger partial charge is 0.159 e. The van der Waals surface area contributed by atoms with E-state index in [0.717, 1.165) is 29.9 Å². The molecule has 4 rings (SSSR count). The number of aryl methyl sites for hydroxylation is 1. The molecule has 136 valence electrons. The molecule has 0 amide bonds. The van der Waals surface area contributed by atoms with Crippen LogP contribution in [-0.4, -0.2) is 11.8 Å². The van der Waals surface area contributed by atoms with Crippen LogP contribution in [0.2, 0.25) is 0 Å². The number of ketones is 1. The summed E-state index contributed by atoms with van der Waals surface area (Å²) in [6, 6.07) is 2.30. The maximum absolute atomic E-state index is 13.6. The summed E-state index contributed by atoms with van der Waals surface area (Å²) in [5.41, 5.74) is 8.04. The van der Waals surface area contributed by atoms with Crippen molar-refractivity contribution in [1.29, 1.82) is 0 Å². The largest absolute Gasteiger partial charge is 0.327 e. The molecular weight excluding hydrogens is 320 g/mol. The Morgan fingerprint density at radius 2 is 1.84 bits per heavy atom. The molecule has 4 heteroatoms. The van der Waals surface area contributed by atoms with Crippen LogP contribution < -0.4 is 5.73 Å². The molecule has 3 aliphatic carbocycles. The predicted molar refractivity (Wildman–Crippen MR) is 93.2 cm³/mol. The third-order valence-electron chi connectivity index (χ3n) is 7.01. The highest BCUT2D eigenvalue weighted by Crippen LogP contribution is 2.47. The van der Waals surface area contributed by atoms with Crippen LogP contribution in [0.5, 0.6) is 0 Å². The van der Waals surface area contributed by atoms with E-state index in [1.165, 1.54) is 44.2 Å². The molecule has 5 atom stereocenters. The Labute approximate surface area is 148 Å². The minimum Gasteiger partial charge on any atom is -0.327 e. The van der Waals surface area contributed by atoms with E-state index in [0.29, 0.717) is 24.5 Å². The summed E-state index contributed by atoms with van der Waals surface area (Å²) in [6.07, 6.45) is 9.09. The molecular formula is C21H27F2NO. The zero-order chi connectivity index (χ0) is 17.6. The standard InChI is InChI=1S/C21H27F2NO/c22-18-9-13-6-7-15(17(13)10-19(18)23)20(24)11-21(25)16-8-5-12-3-1-2-4-14(12)16/h9-10,12,14-16,20H,1-8,11,24H2. The summed E-state index contributed by atoms with van der Waals surface area (Å²) in [5, 5.41) is 0. The molecule has 0 radical (unpaired) electrons. The zero-order valence-electron chi connectivity index (χ0n) is 14.6. The van der Waals surface area contributed by atoms with E-state index in [1.54, 1.807) is 0 Å². The molecule has 25 heavy (non-hydrogen) atoms. The zero-order valence-corrected chi connectivity index (χ0v) is 14.6. The van der Waals surface area contributed by atoms with Gasteiger partial charge in [0.25, 0.3) is 0 Å². The molecule has 0 aromatic heterocycles. The highest BCUT2D eigenvalue weighted by molar-refractivity contribution is 5.82. The molecule has 2 saturated carbocycles. The summed E-state index contributed by atoms with van der Waals surface area (Å²) >= 11 is 0. The van der Waals surface area contributed by atoms with E-state index in [9.17, 15) is 13.6 Å². The first kappa shape index (κ1) is 17.1. The van der Waals surface area contributed by atoms with Crippen molar-refractivity contribution in [3.05, 3.63) is 34.9 Å². The molecule has 1 aromatic carbocycles. The van der Waals surface area contributed by atoms with Gasteiger partial charge in [0, 0.05) is 24.3 Å². The van der Waals surface area contributed by atoms with Crippen molar-refractivity contribution in [3.63, 3.8) is 0 Å². The molecule has 2 N–H and O–H groups in total. The summed E-state index contributed by atoms with van der Waals surface area (Å²) < 4.78 is 27.0. The van der Waals surface area contributed by atoms with E-state index in [1.807, 2.05) is 0 Å².